The summed E-state index contributed by atoms with van der Waals surface area (Å²) in [6, 6.07) is 3.86. The number of aliphatic imine (C=N–C) groups is 1. The van der Waals surface area contributed by atoms with E-state index in [1.54, 1.807) is 19.4 Å². The third-order valence-electron chi connectivity index (χ3n) is 2.43. The van der Waals surface area contributed by atoms with Crippen molar-refractivity contribution in [3.63, 3.8) is 0 Å². The van der Waals surface area contributed by atoms with Crippen molar-refractivity contribution in [3.8, 4) is 0 Å². The van der Waals surface area contributed by atoms with Crippen LogP contribution in [-0.2, 0) is 11.2 Å². The predicted molar refractivity (Wildman–Crippen MR) is 77.4 cm³/mol. The normalized spacial score (nSPS) is 11.3. The van der Waals surface area contributed by atoms with E-state index < -0.39 is 0 Å². The molecule has 0 spiro atoms. The van der Waals surface area contributed by atoms with Crippen LogP contribution < -0.4 is 10.6 Å². The summed E-state index contributed by atoms with van der Waals surface area (Å²) in [6.45, 7) is 6.62. The minimum Gasteiger partial charge on any atom is -0.469 e. The number of hydrogen-bond acceptors (Lipinski definition) is 3. The van der Waals surface area contributed by atoms with Crippen LogP contribution in [0.4, 0.5) is 0 Å². The van der Waals surface area contributed by atoms with Gasteiger partial charge in [-0.05, 0) is 18.6 Å². The summed E-state index contributed by atoms with van der Waals surface area (Å²) in [7, 11) is 1.70. The molecule has 0 amide bonds. The predicted octanol–water partition coefficient (Wildman–Crippen LogP) is 1.58. The van der Waals surface area contributed by atoms with Gasteiger partial charge in [0.25, 0.3) is 0 Å². The monoisotopic (exact) mass is 265 g/mol. The lowest BCUT2D eigenvalue weighted by Gasteiger charge is -2.10. The van der Waals surface area contributed by atoms with Crippen molar-refractivity contribution in [3.05, 3.63) is 36.8 Å². The van der Waals surface area contributed by atoms with Gasteiger partial charge in [0.1, 0.15) is 5.76 Å². The highest BCUT2D eigenvalue weighted by Crippen LogP contribution is 1.99. The van der Waals surface area contributed by atoms with Gasteiger partial charge in [-0.2, -0.15) is 0 Å². The molecule has 5 heteroatoms. The van der Waals surface area contributed by atoms with Gasteiger partial charge < -0.3 is 19.8 Å². The Labute approximate surface area is 114 Å². The van der Waals surface area contributed by atoms with Crippen LogP contribution in [0.2, 0.25) is 0 Å². The van der Waals surface area contributed by atoms with Crippen molar-refractivity contribution in [2.75, 3.05) is 33.4 Å². The molecule has 19 heavy (non-hydrogen) atoms. The van der Waals surface area contributed by atoms with E-state index in [-0.39, 0.29) is 0 Å². The molecule has 1 aromatic heterocycles. The zero-order valence-electron chi connectivity index (χ0n) is 11.5. The van der Waals surface area contributed by atoms with Gasteiger partial charge in [-0.3, -0.25) is 4.99 Å². The Morgan fingerprint density at radius 2 is 2.42 bits per heavy atom. The van der Waals surface area contributed by atoms with E-state index in [0.717, 1.165) is 44.3 Å². The Morgan fingerprint density at radius 1 is 1.53 bits per heavy atom. The highest BCUT2D eigenvalue weighted by molar-refractivity contribution is 5.79. The molecule has 0 aromatic carbocycles. The first-order valence-electron chi connectivity index (χ1n) is 6.51. The van der Waals surface area contributed by atoms with Crippen molar-refractivity contribution in [1.82, 2.24) is 10.6 Å². The third-order valence-corrected chi connectivity index (χ3v) is 2.43. The molecule has 0 aliphatic rings. The molecule has 0 fully saturated rings. The molecule has 1 heterocycles. The van der Waals surface area contributed by atoms with Gasteiger partial charge in [0.15, 0.2) is 5.96 Å². The molecule has 0 aliphatic heterocycles. The second kappa shape index (κ2) is 10.2. The van der Waals surface area contributed by atoms with E-state index in [0.29, 0.717) is 6.54 Å². The molecule has 0 aliphatic carbocycles. The highest BCUT2D eigenvalue weighted by Gasteiger charge is 1.99. The summed E-state index contributed by atoms with van der Waals surface area (Å²) in [6.07, 6.45) is 5.24. The molecular weight excluding hydrogens is 242 g/mol. The van der Waals surface area contributed by atoms with E-state index in [9.17, 15) is 0 Å². The fourth-order valence-corrected chi connectivity index (χ4v) is 1.50. The van der Waals surface area contributed by atoms with Crippen LogP contribution in [0.15, 0.2) is 40.5 Å². The maximum atomic E-state index is 5.28. The quantitative estimate of drug-likeness (QED) is 0.308. The maximum Gasteiger partial charge on any atom is 0.191 e. The lowest BCUT2D eigenvalue weighted by molar-refractivity contribution is 0.197. The summed E-state index contributed by atoms with van der Waals surface area (Å²) in [5, 5.41) is 6.44. The third kappa shape index (κ3) is 7.31. The molecule has 1 aromatic rings. The largest absolute Gasteiger partial charge is 0.469 e. The number of nitrogens with zero attached hydrogens (tertiary/aromatic N) is 1. The van der Waals surface area contributed by atoms with Crippen molar-refractivity contribution < 1.29 is 9.15 Å². The van der Waals surface area contributed by atoms with Crippen LogP contribution in [-0.4, -0.2) is 39.3 Å². The van der Waals surface area contributed by atoms with E-state index >= 15 is 0 Å². The molecule has 106 valence electrons. The van der Waals surface area contributed by atoms with E-state index in [2.05, 4.69) is 22.2 Å². The van der Waals surface area contributed by atoms with Crippen LogP contribution in [0.25, 0.3) is 0 Å². The average molecular weight is 265 g/mol. The smallest absolute Gasteiger partial charge is 0.191 e. The summed E-state index contributed by atoms with van der Waals surface area (Å²) >= 11 is 0. The van der Waals surface area contributed by atoms with Gasteiger partial charge in [-0.25, -0.2) is 0 Å². The highest BCUT2D eigenvalue weighted by atomic mass is 16.5. The molecule has 0 saturated carbocycles. The van der Waals surface area contributed by atoms with Crippen molar-refractivity contribution in [2.24, 2.45) is 4.99 Å². The molecule has 0 radical (unpaired) electrons. The summed E-state index contributed by atoms with van der Waals surface area (Å²) in [5.41, 5.74) is 0. The van der Waals surface area contributed by atoms with Crippen LogP contribution in [0.1, 0.15) is 12.2 Å². The van der Waals surface area contributed by atoms with Crippen molar-refractivity contribution in [1.29, 1.82) is 0 Å². The fourth-order valence-electron chi connectivity index (χ4n) is 1.50. The molecule has 0 saturated heterocycles. The minimum absolute atomic E-state index is 0.691. The first-order chi connectivity index (χ1) is 9.36. The lowest BCUT2D eigenvalue weighted by Crippen LogP contribution is -2.38. The molecule has 1 rings (SSSR count). The molecular formula is C14H23N3O2. The first-order valence-corrected chi connectivity index (χ1v) is 6.51. The Balaban J connectivity index is 2.28. The van der Waals surface area contributed by atoms with Gasteiger partial charge in [0, 0.05) is 39.8 Å². The number of hydrogen-bond donors (Lipinski definition) is 2. The van der Waals surface area contributed by atoms with Gasteiger partial charge in [-0.15, -0.1) is 6.58 Å². The second-order valence-electron chi connectivity index (χ2n) is 4.00. The molecule has 5 nitrogen and oxygen atoms in total. The van der Waals surface area contributed by atoms with Gasteiger partial charge in [0.05, 0.1) is 6.26 Å². The number of nitrogens with one attached hydrogen (secondary N) is 2. The van der Waals surface area contributed by atoms with Gasteiger partial charge in [0.2, 0.25) is 0 Å². The first kappa shape index (κ1) is 15.3. The Kier molecular flexibility index (Phi) is 8.22. The molecule has 2 N–H and O–H groups in total. The van der Waals surface area contributed by atoms with Crippen molar-refractivity contribution in [2.45, 2.75) is 12.8 Å². The number of rotatable bonds is 9. The zero-order valence-corrected chi connectivity index (χ0v) is 11.5. The van der Waals surface area contributed by atoms with Gasteiger partial charge >= 0.3 is 0 Å². The van der Waals surface area contributed by atoms with Crippen LogP contribution in [0.5, 0.6) is 0 Å². The van der Waals surface area contributed by atoms with E-state index in [1.807, 2.05) is 12.1 Å². The van der Waals surface area contributed by atoms with Crippen LogP contribution in [0.3, 0.4) is 0 Å². The van der Waals surface area contributed by atoms with E-state index in [1.165, 1.54) is 0 Å². The number of furan rings is 1. The Bertz CT molecular complexity index is 361. The Hall–Kier alpha value is -1.75. The zero-order chi connectivity index (χ0) is 13.8. The fraction of sp³-hybridized carbons (Fsp3) is 0.500. The van der Waals surface area contributed by atoms with Crippen molar-refractivity contribution >= 4 is 5.96 Å². The molecule has 0 atom stereocenters. The SMILES string of the molecule is C=CCNC(=NCCCOC)NCCc1ccco1. The summed E-state index contributed by atoms with van der Waals surface area (Å²) in [5.74, 6) is 1.76. The average Bonchev–Trinajstić information content (AvgIpc) is 2.93. The van der Waals surface area contributed by atoms with Crippen LogP contribution in [0, 0.1) is 0 Å². The Morgan fingerprint density at radius 3 is 3.11 bits per heavy atom. The summed E-state index contributed by atoms with van der Waals surface area (Å²) in [4.78, 5) is 4.45. The maximum absolute atomic E-state index is 5.28. The lowest BCUT2D eigenvalue weighted by atomic mass is 10.3. The van der Waals surface area contributed by atoms with E-state index in [4.69, 9.17) is 9.15 Å². The second-order valence-corrected chi connectivity index (χ2v) is 4.00. The number of guanidine groups is 1. The number of ether oxygens (including phenoxy) is 1. The summed E-state index contributed by atoms with van der Waals surface area (Å²) < 4.78 is 10.3. The number of methoxy groups -OCH3 is 1. The minimum atomic E-state index is 0.691. The molecule has 0 bridgehead atoms. The van der Waals surface area contributed by atoms with Gasteiger partial charge in [-0.1, -0.05) is 6.08 Å². The standard InChI is InChI=1S/C14H23N3O2/c1-3-8-15-14(16-9-5-11-18-2)17-10-7-13-6-4-12-19-13/h3-4,6,12H,1,5,7-11H2,2H3,(H2,15,16,17). The topological polar surface area (TPSA) is 58.8 Å². The molecule has 0 unspecified atom stereocenters. The van der Waals surface area contributed by atoms with Crippen LogP contribution >= 0.6 is 0 Å².